The highest BCUT2D eigenvalue weighted by Gasteiger charge is 2.30. The van der Waals surface area contributed by atoms with E-state index < -0.39 is 0 Å². The van der Waals surface area contributed by atoms with Gasteiger partial charge in [-0.1, -0.05) is 30.6 Å². The van der Waals surface area contributed by atoms with Crippen molar-refractivity contribution in [1.82, 2.24) is 4.98 Å². The van der Waals surface area contributed by atoms with Gasteiger partial charge in [-0.05, 0) is 28.8 Å². The topological polar surface area (TPSA) is 68.0 Å². The van der Waals surface area contributed by atoms with Crippen molar-refractivity contribution in [3.63, 3.8) is 0 Å². The summed E-state index contributed by atoms with van der Waals surface area (Å²) in [6.07, 6.45) is 7.46. The molecule has 1 amide bonds. The van der Waals surface area contributed by atoms with Gasteiger partial charge in [-0.15, -0.1) is 0 Å². The summed E-state index contributed by atoms with van der Waals surface area (Å²) in [7, 11) is 0. The smallest absolute Gasteiger partial charge is 0.228 e. The number of rotatable bonds is 3. The van der Waals surface area contributed by atoms with Gasteiger partial charge in [0, 0.05) is 12.0 Å². The predicted molar refractivity (Wildman–Crippen MR) is 73.1 cm³/mol. The van der Waals surface area contributed by atoms with Gasteiger partial charge in [-0.25, -0.2) is 4.98 Å². The SMILES string of the molecule is NC1(CC(=O)Nc2ncc(Br)s2)CCCCC1. The summed E-state index contributed by atoms with van der Waals surface area (Å²) in [5, 5.41) is 3.42. The molecule has 1 aromatic heterocycles. The average molecular weight is 318 g/mol. The fourth-order valence-electron chi connectivity index (χ4n) is 2.23. The van der Waals surface area contributed by atoms with Gasteiger partial charge in [-0.2, -0.15) is 0 Å². The van der Waals surface area contributed by atoms with Crippen LogP contribution in [-0.2, 0) is 4.79 Å². The quantitative estimate of drug-likeness (QED) is 0.900. The second kappa shape index (κ2) is 5.46. The van der Waals surface area contributed by atoms with E-state index in [-0.39, 0.29) is 11.4 Å². The highest BCUT2D eigenvalue weighted by atomic mass is 79.9. The van der Waals surface area contributed by atoms with Crippen molar-refractivity contribution >= 4 is 38.3 Å². The molecule has 0 radical (unpaired) electrons. The van der Waals surface area contributed by atoms with Crippen LogP contribution in [0.3, 0.4) is 0 Å². The molecule has 1 aromatic rings. The molecule has 0 aromatic carbocycles. The van der Waals surface area contributed by atoms with Crippen LogP contribution in [-0.4, -0.2) is 16.4 Å². The Bertz CT molecular complexity index is 401. The molecule has 0 saturated heterocycles. The van der Waals surface area contributed by atoms with Gasteiger partial charge < -0.3 is 11.1 Å². The van der Waals surface area contributed by atoms with E-state index in [2.05, 4.69) is 26.2 Å². The minimum atomic E-state index is -0.309. The number of nitrogens with two attached hydrogens (primary N) is 1. The Morgan fingerprint density at radius 2 is 2.24 bits per heavy atom. The van der Waals surface area contributed by atoms with E-state index in [0.717, 1.165) is 29.5 Å². The van der Waals surface area contributed by atoms with Crippen LogP contribution in [0.15, 0.2) is 9.98 Å². The van der Waals surface area contributed by atoms with Crippen LogP contribution in [0, 0.1) is 0 Å². The molecular weight excluding hydrogens is 302 g/mol. The molecule has 1 heterocycles. The van der Waals surface area contributed by atoms with Gasteiger partial charge in [0.15, 0.2) is 5.13 Å². The molecule has 1 aliphatic carbocycles. The summed E-state index contributed by atoms with van der Waals surface area (Å²) < 4.78 is 0.910. The highest BCUT2D eigenvalue weighted by Crippen LogP contribution is 2.29. The number of halogens is 1. The number of nitrogens with one attached hydrogen (secondary N) is 1. The monoisotopic (exact) mass is 317 g/mol. The Morgan fingerprint density at radius 3 is 2.82 bits per heavy atom. The minimum absolute atomic E-state index is 0.0312. The summed E-state index contributed by atoms with van der Waals surface area (Å²) in [4.78, 5) is 15.9. The Morgan fingerprint density at radius 1 is 1.53 bits per heavy atom. The summed E-state index contributed by atoms with van der Waals surface area (Å²) in [6, 6.07) is 0. The predicted octanol–water partition coefficient (Wildman–Crippen LogP) is 2.90. The summed E-state index contributed by atoms with van der Waals surface area (Å²) in [5.74, 6) is -0.0312. The largest absolute Gasteiger partial charge is 0.325 e. The van der Waals surface area contributed by atoms with E-state index in [1.54, 1.807) is 6.20 Å². The molecule has 0 spiro atoms. The first-order chi connectivity index (χ1) is 8.07. The number of hydrogen-bond acceptors (Lipinski definition) is 4. The zero-order valence-electron chi connectivity index (χ0n) is 9.54. The normalized spacial score (nSPS) is 18.9. The molecule has 1 saturated carbocycles. The van der Waals surface area contributed by atoms with Gasteiger partial charge in [-0.3, -0.25) is 4.79 Å². The summed E-state index contributed by atoms with van der Waals surface area (Å²) in [5.41, 5.74) is 5.92. The number of carbonyl (C=O) groups excluding carboxylic acids is 1. The van der Waals surface area contributed by atoms with Gasteiger partial charge in [0.1, 0.15) is 0 Å². The van der Waals surface area contributed by atoms with E-state index in [9.17, 15) is 4.79 Å². The number of hydrogen-bond donors (Lipinski definition) is 2. The number of thiazole rings is 1. The van der Waals surface area contributed by atoms with Crippen LogP contribution >= 0.6 is 27.3 Å². The van der Waals surface area contributed by atoms with Crippen LogP contribution in [0.1, 0.15) is 38.5 Å². The molecule has 0 atom stereocenters. The highest BCUT2D eigenvalue weighted by molar-refractivity contribution is 9.11. The third-order valence-corrected chi connectivity index (χ3v) is 4.48. The Kier molecular flexibility index (Phi) is 4.17. The van der Waals surface area contributed by atoms with E-state index in [0.29, 0.717) is 11.6 Å². The maximum Gasteiger partial charge on any atom is 0.228 e. The lowest BCUT2D eigenvalue weighted by Crippen LogP contribution is -2.44. The number of nitrogens with zero attached hydrogens (tertiary/aromatic N) is 1. The second-order valence-corrected chi connectivity index (χ2v) is 7.03. The first kappa shape index (κ1) is 13.0. The van der Waals surface area contributed by atoms with Crippen molar-refractivity contribution in [2.45, 2.75) is 44.1 Å². The van der Waals surface area contributed by atoms with Gasteiger partial charge in [0.25, 0.3) is 0 Å². The van der Waals surface area contributed by atoms with E-state index in [1.807, 2.05) is 0 Å². The molecule has 17 heavy (non-hydrogen) atoms. The zero-order valence-corrected chi connectivity index (χ0v) is 11.9. The molecular formula is C11H16BrN3OS. The molecule has 2 rings (SSSR count). The Hall–Kier alpha value is -0.460. The Labute approximate surface area is 113 Å². The lowest BCUT2D eigenvalue weighted by Gasteiger charge is -2.32. The molecule has 3 N–H and O–H groups in total. The number of anilines is 1. The molecule has 94 valence electrons. The first-order valence-corrected chi connectivity index (χ1v) is 7.38. The summed E-state index contributed by atoms with van der Waals surface area (Å²) in [6.45, 7) is 0. The standard InChI is InChI=1S/C11H16BrN3OS/c12-8-7-14-10(17-8)15-9(16)6-11(13)4-2-1-3-5-11/h7H,1-6,13H2,(H,14,15,16). The van der Waals surface area contributed by atoms with Crippen molar-refractivity contribution < 1.29 is 4.79 Å². The van der Waals surface area contributed by atoms with Gasteiger partial charge in [0.2, 0.25) is 5.91 Å². The molecule has 0 unspecified atom stereocenters. The zero-order chi connectivity index (χ0) is 12.3. The number of carbonyl (C=O) groups is 1. The molecule has 1 aliphatic rings. The Balaban J connectivity index is 1.88. The third-order valence-electron chi connectivity index (χ3n) is 3.09. The van der Waals surface area contributed by atoms with Crippen molar-refractivity contribution in [2.75, 3.05) is 5.32 Å². The van der Waals surface area contributed by atoms with Crippen LogP contribution < -0.4 is 11.1 Å². The van der Waals surface area contributed by atoms with Gasteiger partial charge in [0.05, 0.1) is 9.98 Å². The lowest BCUT2D eigenvalue weighted by atomic mass is 9.80. The fourth-order valence-corrected chi connectivity index (χ4v) is 3.35. The van der Waals surface area contributed by atoms with E-state index in [4.69, 9.17) is 5.73 Å². The van der Waals surface area contributed by atoms with Crippen molar-refractivity contribution in [1.29, 1.82) is 0 Å². The van der Waals surface area contributed by atoms with Crippen molar-refractivity contribution in [2.24, 2.45) is 5.73 Å². The number of aromatic nitrogens is 1. The van der Waals surface area contributed by atoms with Crippen LogP contribution in [0.5, 0.6) is 0 Å². The van der Waals surface area contributed by atoms with E-state index >= 15 is 0 Å². The number of amides is 1. The van der Waals surface area contributed by atoms with Crippen LogP contribution in [0.2, 0.25) is 0 Å². The molecule has 4 nitrogen and oxygen atoms in total. The minimum Gasteiger partial charge on any atom is -0.325 e. The van der Waals surface area contributed by atoms with Crippen molar-refractivity contribution in [3.05, 3.63) is 9.98 Å². The first-order valence-electron chi connectivity index (χ1n) is 5.77. The molecule has 6 heteroatoms. The molecule has 0 bridgehead atoms. The maximum absolute atomic E-state index is 11.9. The van der Waals surface area contributed by atoms with Crippen molar-refractivity contribution in [3.8, 4) is 0 Å². The van der Waals surface area contributed by atoms with E-state index in [1.165, 1.54) is 17.8 Å². The average Bonchev–Trinajstić information content (AvgIpc) is 2.63. The van der Waals surface area contributed by atoms with Crippen LogP contribution in [0.25, 0.3) is 0 Å². The van der Waals surface area contributed by atoms with Crippen LogP contribution in [0.4, 0.5) is 5.13 Å². The fraction of sp³-hybridized carbons (Fsp3) is 0.636. The summed E-state index contributed by atoms with van der Waals surface area (Å²) >= 11 is 4.72. The third kappa shape index (κ3) is 3.76. The lowest BCUT2D eigenvalue weighted by molar-refractivity contribution is -0.117. The second-order valence-electron chi connectivity index (χ2n) is 4.62. The maximum atomic E-state index is 11.9. The van der Waals surface area contributed by atoms with Gasteiger partial charge >= 0.3 is 0 Å². The molecule has 0 aliphatic heterocycles. The molecule has 1 fully saturated rings.